The van der Waals surface area contributed by atoms with Crippen molar-refractivity contribution in [2.45, 2.75) is 29.7 Å². The molecule has 0 unspecified atom stereocenters. The average Bonchev–Trinajstić information content (AvgIpc) is 3.09. The zero-order valence-electron chi connectivity index (χ0n) is 15.1. The number of anilines is 1. The summed E-state index contributed by atoms with van der Waals surface area (Å²) >= 11 is 1.67. The molecule has 0 atom stereocenters. The van der Waals surface area contributed by atoms with Crippen LogP contribution in [0.5, 0.6) is 0 Å². The van der Waals surface area contributed by atoms with Crippen LogP contribution in [0.25, 0.3) is 5.69 Å². The van der Waals surface area contributed by atoms with Crippen molar-refractivity contribution in [1.82, 2.24) is 20.2 Å². The zero-order chi connectivity index (χ0) is 20.1. The second-order valence-corrected chi connectivity index (χ2v) is 7.91. The maximum atomic E-state index is 12.3. The lowest BCUT2D eigenvalue weighted by Gasteiger charge is -2.09. The number of rotatable bonds is 7. The predicted molar refractivity (Wildman–Crippen MR) is 106 cm³/mol. The number of hydrogen-bond acceptors (Lipinski definition) is 6. The van der Waals surface area contributed by atoms with Crippen LogP contribution < -0.4 is 5.32 Å². The van der Waals surface area contributed by atoms with Crippen molar-refractivity contribution in [1.29, 1.82) is 0 Å². The van der Waals surface area contributed by atoms with Gasteiger partial charge in [-0.3, -0.25) is 4.79 Å². The SMILES string of the molecule is Cc1ccc(-n2nnnc2SCC(=O)Nc2ccc(SC(F)F)cc2)c(C)c1. The van der Waals surface area contributed by atoms with Crippen molar-refractivity contribution in [3.63, 3.8) is 0 Å². The number of tetrazole rings is 1. The predicted octanol–water partition coefficient (Wildman–Crippen LogP) is 4.32. The molecule has 0 saturated heterocycles. The molecule has 0 aliphatic carbocycles. The van der Waals surface area contributed by atoms with E-state index in [1.165, 1.54) is 11.8 Å². The van der Waals surface area contributed by atoms with Crippen molar-refractivity contribution in [3.05, 3.63) is 53.6 Å². The van der Waals surface area contributed by atoms with Crippen molar-refractivity contribution < 1.29 is 13.6 Å². The van der Waals surface area contributed by atoms with Crippen molar-refractivity contribution >= 4 is 35.1 Å². The van der Waals surface area contributed by atoms with Gasteiger partial charge in [-0.15, -0.1) is 5.10 Å². The Bertz CT molecular complexity index is 963. The fourth-order valence-corrected chi connectivity index (χ4v) is 3.69. The molecule has 2 aromatic carbocycles. The van der Waals surface area contributed by atoms with E-state index in [1.807, 2.05) is 32.0 Å². The molecule has 1 amide bonds. The van der Waals surface area contributed by atoms with Gasteiger partial charge < -0.3 is 5.32 Å². The molecule has 3 aromatic rings. The first-order chi connectivity index (χ1) is 13.4. The van der Waals surface area contributed by atoms with E-state index in [1.54, 1.807) is 28.9 Å². The van der Waals surface area contributed by atoms with E-state index >= 15 is 0 Å². The summed E-state index contributed by atoms with van der Waals surface area (Å²) < 4.78 is 26.3. The molecule has 1 N–H and O–H groups in total. The van der Waals surface area contributed by atoms with Crippen LogP contribution in [0, 0.1) is 13.8 Å². The van der Waals surface area contributed by atoms with Gasteiger partial charge in [-0.25, -0.2) is 0 Å². The number of amides is 1. The molecule has 6 nitrogen and oxygen atoms in total. The van der Waals surface area contributed by atoms with Gasteiger partial charge in [-0.1, -0.05) is 41.2 Å². The van der Waals surface area contributed by atoms with Crippen LogP contribution in [0.4, 0.5) is 14.5 Å². The van der Waals surface area contributed by atoms with E-state index in [2.05, 4.69) is 20.8 Å². The fourth-order valence-electron chi connectivity index (χ4n) is 2.51. The van der Waals surface area contributed by atoms with Crippen LogP contribution in [0.3, 0.4) is 0 Å². The molecule has 1 heterocycles. The van der Waals surface area contributed by atoms with Crippen LogP contribution in [-0.4, -0.2) is 37.6 Å². The number of carbonyl (C=O) groups is 1. The summed E-state index contributed by atoms with van der Waals surface area (Å²) in [5.74, 6) is -2.60. The summed E-state index contributed by atoms with van der Waals surface area (Å²) in [6.45, 7) is 3.98. The third-order valence-electron chi connectivity index (χ3n) is 3.72. The molecule has 0 spiro atoms. The highest BCUT2D eigenvalue weighted by molar-refractivity contribution is 8.00. The van der Waals surface area contributed by atoms with E-state index in [9.17, 15) is 13.6 Å². The monoisotopic (exact) mass is 421 g/mol. The molecule has 3 rings (SSSR count). The quantitative estimate of drug-likeness (QED) is 0.573. The number of nitrogens with zero attached hydrogens (tertiary/aromatic N) is 4. The minimum Gasteiger partial charge on any atom is -0.325 e. The first-order valence-corrected chi connectivity index (χ1v) is 10.1. The van der Waals surface area contributed by atoms with E-state index in [0.717, 1.165) is 16.8 Å². The molecule has 1 aromatic heterocycles. The Hall–Kier alpha value is -2.46. The molecule has 146 valence electrons. The minimum atomic E-state index is -2.47. The number of nitrogens with one attached hydrogen (secondary N) is 1. The van der Waals surface area contributed by atoms with Crippen LogP contribution >= 0.6 is 23.5 Å². The lowest BCUT2D eigenvalue weighted by Crippen LogP contribution is -2.14. The van der Waals surface area contributed by atoms with Crippen molar-refractivity contribution in [2.24, 2.45) is 0 Å². The number of alkyl halides is 2. The van der Waals surface area contributed by atoms with Crippen LogP contribution in [-0.2, 0) is 4.79 Å². The van der Waals surface area contributed by atoms with Gasteiger partial charge in [-0.2, -0.15) is 13.5 Å². The molecular weight excluding hydrogens is 404 g/mol. The van der Waals surface area contributed by atoms with Gasteiger partial charge in [0, 0.05) is 10.6 Å². The van der Waals surface area contributed by atoms with Crippen LogP contribution in [0.2, 0.25) is 0 Å². The highest BCUT2D eigenvalue weighted by atomic mass is 32.2. The summed E-state index contributed by atoms with van der Waals surface area (Å²) in [4.78, 5) is 12.6. The molecular formula is C18H17F2N5OS2. The number of aryl methyl sites for hydroxylation is 2. The molecule has 10 heteroatoms. The largest absolute Gasteiger partial charge is 0.325 e. The summed E-state index contributed by atoms with van der Waals surface area (Å²) in [5.41, 5.74) is 3.56. The van der Waals surface area contributed by atoms with Gasteiger partial charge in [0.25, 0.3) is 5.76 Å². The van der Waals surface area contributed by atoms with E-state index in [0.29, 0.717) is 27.5 Å². The minimum absolute atomic E-state index is 0.110. The first kappa shape index (κ1) is 20.3. The Morgan fingerprint density at radius 3 is 2.61 bits per heavy atom. The molecule has 0 saturated carbocycles. The maximum absolute atomic E-state index is 12.3. The molecule has 0 aliphatic rings. The average molecular weight is 421 g/mol. The standard InChI is InChI=1S/C18H17F2N5OS2/c1-11-3-8-15(12(2)9-11)25-18(22-23-24-25)27-10-16(26)21-13-4-6-14(7-5-13)28-17(19)20/h3-9,17H,10H2,1-2H3,(H,21,26). The van der Waals surface area contributed by atoms with Crippen LogP contribution in [0.1, 0.15) is 11.1 Å². The Kier molecular flexibility index (Phi) is 6.63. The second kappa shape index (κ2) is 9.16. The molecule has 0 bridgehead atoms. The molecule has 0 aliphatic heterocycles. The summed E-state index contributed by atoms with van der Waals surface area (Å²) in [6.07, 6.45) is 0. The Morgan fingerprint density at radius 1 is 1.18 bits per heavy atom. The first-order valence-electron chi connectivity index (χ1n) is 8.26. The number of hydrogen-bond donors (Lipinski definition) is 1. The summed E-state index contributed by atoms with van der Waals surface area (Å²) in [6, 6.07) is 12.2. The third-order valence-corrected chi connectivity index (χ3v) is 5.36. The van der Waals surface area contributed by atoms with Crippen LogP contribution in [0.15, 0.2) is 52.5 Å². The Morgan fingerprint density at radius 2 is 1.93 bits per heavy atom. The van der Waals surface area contributed by atoms with Gasteiger partial charge in [0.15, 0.2) is 0 Å². The molecule has 0 radical (unpaired) electrons. The van der Waals surface area contributed by atoms with Crippen molar-refractivity contribution in [2.75, 3.05) is 11.1 Å². The number of thioether (sulfide) groups is 2. The van der Waals surface area contributed by atoms with Gasteiger partial charge in [0.05, 0.1) is 11.4 Å². The number of aromatic nitrogens is 4. The van der Waals surface area contributed by atoms with Gasteiger partial charge in [0.1, 0.15) is 0 Å². The normalized spacial score (nSPS) is 11.0. The zero-order valence-corrected chi connectivity index (χ0v) is 16.7. The lowest BCUT2D eigenvalue weighted by molar-refractivity contribution is -0.113. The highest BCUT2D eigenvalue weighted by Gasteiger charge is 2.13. The molecule has 28 heavy (non-hydrogen) atoms. The van der Waals surface area contributed by atoms with Gasteiger partial charge in [-0.05, 0) is 60.2 Å². The van der Waals surface area contributed by atoms with E-state index in [4.69, 9.17) is 0 Å². The smallest absolute Gasteiger partial charge is 0.288 e. The summed E-state index contributed by atoms with van der Waals surface area (Å²) in [7, 11) is 0. The van der Waals surface area contributed by atoms with Crippen molar-refractivity contribution in [3.8, 4) is 5.69 Å². The van der Waals surface area contributed by atoms with E-state index < -0.39 is 5.76 Å². The van der Waals surface area contributed by atoms with Gasteiger partial charge >= 0.3 is 0 Å². The number of halogens is 2. The third kappa shape index (κ3) is 5.29. The second-order valence-electron chi connectivity index (χ2n) is 5.90. The molecule has 0 fully saturated rings. The van der Waals surface area contributed by atoms with E-state index in [-0.39, 0.29) is 11.7 Å². The topological polar surface area (TPSA) is 72.7 Å². The Labute approximate surface area is 169 Å². The fraction of sp³-hybridized carbons (Fsp3) is 0.222. The highest BCUT2D eigenvalue weighted by Crippen LogP contribution is 2.26. The lowest BCUT2D eigenvalue weighted by atomic mass is 10.1. The maximum Gasteiger partial charge on any atom is 0.288 e. The number of benzene rings is 2. The summed E-state index contributed by atoms with van der Waals surface area (Å²) in [5, 5.41) is 14.9. The Balaban J connectivity index is 1.60. The number of carbonyl (C=O) groups excluding carboxylic acids is 1. The van der Waals surface area contributed by atoms with Gasteiger partial charge in [0.2, 0.25) is 11.1 Å².